The van der Waals surface area contributed by atoms with Crippen molar-refractivity contribution in [1.82, 2.24) is 19.0 Å². The molecule has 1 saturated carbocycles. The van der Waals surface area contributed by atoms with E-state index >= 15 is 0 Å². The van der Waals surface area contributed by atoms with Gasteiger partial charge in [-0.25, -0.2) is 18.7 Å². The van der Waals surface area contributed by atoms with Gasteiger partial charge < -0.3 is 10.6 Å². The third-order valence-electron chi connectivity index (χ3n) is 6.92. The van der Waals surface area contributed by atoms with E-state index in [0.717, 1.165) is 42.3 Å². The fraction of sp³-hybridized carbons (Fsp3) is 0.321. The van der Waals surface area contributed by atoms with Crippen molar-refractivity contribution in [3.8, 4) is 16.8 Å². The van der Waals surface area contributed by atoms with Gasteiger partial charge in [-0.3, -0.25) is 9.36 Å². The van der Waals surface area contributed by atoms with Crippen molar-refractivity contribution in [3.63, 3.8) is 0 Å². The summed E-state index contributed by atoms with van der Waals surface area (Å²) in [5, 5.41) is 0.0860. The molecule has 2 aromatic carbocycles. The first-order chi connectivity index (χ1) is 17.3. The van der Waals surface area contributed by atoms with E-state index in [1.54, 1.807) is 0 Å². The van der Waals surface area contributed by atoms with Gasteiger partial charge in [0.25, 0.3) is 5.56 Å². The standard InChI is InChI=1S/C28H30FN5O2/c1-32(2)17-19-6-3-4-9-24(19)18-7-5-8-23(14-18)33-26-25(15-20(29)16-31-26)27(35)34(28(33)36)22-12-10-21(30)11-13-22/h3-9,14-16,21-22H,10-13,17,30H2,1-2H3/t21-,22+. The largest absolute Gasteiger partial charge is 0.337 e. The molecule has 2 aromatic heterocycles. The maximum absolute atomic E-state index is 14.2. The lowest BCUT2D eigenvalue weighted by molar-refractivity contribution is 0.309. The van der Waals surface area contributed by atoms with Crippen LogP contribution in [0.15, 0.2) is 70.4 Å². The third-order valence-corrected chi connectivity index (χ3v) is 6.92. The second kappa shape index (κ2) is 9.79. The lowest BCUT2D eigenvalue weighted by Gasteiger charge is -2.28. The van der Waals surface area contributed by atoms with Gasteiger partial charge >= 0.3 is 5.69 Å². The predicted molar refractivity (Wildman–Crippen MR) is 140 cm³/mol. The van der Waals surface area contributed by atoms with Crippen LogP contribution in [-0.2, 0) is 6.54 Å². The van der Waals surface area contributed by atoms with E-state index < -0.39 is 17.1 Å². The Labute approximate surface area is 208 Å². The molecule has 5 rings (SSSR count). The van der Waals surface area contributed by atoms with Gasteiger partial charge in [0.1, 0.15) is 5.82 Å². The Morgan fingerprint density at radius 2 is 1.78 bits per heavy atom. The first-order valence-corrected chi connectivity index (χ1v) is 12.3. The number of nitrogens with zero attached hydrogens (tertiary/aromatic N) is 4. The highest BCUT2D eigenvalue weighted by Gasteiger charge is 2.26. The average Bonchev–Trinajstić information content (AvgIpc) is 2.86. The van der Waals surface area contributed by atoms with Gasteiger partial charge in [0, 0.05) is 18.6 Å². The van der Waals surface area contributed by atoms with Crippen LogP contribution in [0.5, 0.6) is 0 Å². The van der Waals surface area contributed by atoms with Crippen LogP contribution < -0.4 is 17.0 Å². The van der Waals surface area contributed by atoms with Gasteiger partial charge in [0.05, 0.1) is 17.3 Å². The number of pyridine rings is 1. The molecular formula is C28H30FN5O2. The van der Waals surface area contributed by atoms with E-state index in [-0.39, 0.29) is 23.1 Å². The summed E-state index contributed by atoms with van der Waals surface area (Å²) in [5.41, 5.74) is 8.95. The summed E-state index contributed by atoms with van der Waals surface area (Å²) in [6.45, 7) is 0.763. The molecule has 0 spiro atoms. The van der Waals surface area contributed by atoms with E-state index in [1.165, 1.54) is 15.2 Å². The molecule has 1 aliphatic carbocycles. The topological polar surface area (TPSA) is 86.1 Å². The average molecular weight is 488 g/mol. The summed E-state index contributed by atoms with van der Waals surface area (Å²) in [6.07, 6.45) is 3.76. The summed E-state index contributed by atoms with van der Waals surface area (Å²) in [4.78, 5) is 33.6. The highest BCUT2D eigenvalue weighted by molar-refractivity contribution is 5.77. The molecule has 2 heterocycles. The molecule has 0 aliphatic heterocycles. The molecule has 2 N–H and O–H groups in total. The molecule has 0 saturated heterocycles. The first-order valence-electron chi connectivity index (χ1n) is 12.3. The van der Waals surface area contributed by atoms with Gasteiger partial charge in [-0.15, -0.1) is 0 Å². The highest BCUT2D eigenvalue weighted by Crippen LogP contribution is 2.28. The van der Waals surface area contributed by atoms with Crippen LogP contribution >= 0.6 is 0 Å². The molecule has 8 heteroatoms. The van der Waals surface area contributed by atoms with Crippen molar-refractivity contribution < 1.29 is 4.39 Å². The second-order valence-electron chi connectivity index (χ2n) is 9.83. The highest BCUT2D eigenvalue weighted by atomic mass is 19.1. The molecule has 36 heavy (non-hydrogen) atoms. The van der Waals surface area contributed by atoms with E-state index in [2.05, 4.69) is 22.0 Å². The van der Waals surface area contributed by atoms with Crippen molar-refractivity contribution in [2.75, 3.05) is 14.1 Å². The number of rotatable bonds is 5. The fourth-order valence-electron chi connectivity index (χ4n) is 5.19. The number of halogens is 1. The molecular weight excluding hydrogens is 457 g/mol. The number of aromatic nitrogens is 3. The van der Waals surface area contributed by atoms with Crippen LogP contribution in [-0.4, -0.2) is 39.2 Å². The SMILES string of the molecule is CN(C)Cc1ccccc1-c1cccc(-n2c(=O)n([C@H]3CC[C@@H](N)CC3)c(=O)c3cc(F)cnc32)c1. The summed E-state index contributed by atoms with van der Waals surface area (Å²) in [5.74, 6) is -0.617. The quantitative estimate of drug-likeness (QED) is 0.462. The fourth-order valence-corrected chi connectivity index (χ4v) is 5.19. The van der Waals surface area contributed by atoms with Gasteiger partial charge in [-0.05, 0) is 74.7 Å². The molecule has 186 valence electrons. The van der Waals surface area contributed by atoms with E-state index in [1.807, 2.05) is 50.5 Å². The Kier molecular flexibility index (Phi) is 6.55. The zero-order chi connectivity index (χ0) is 25.4. The summed E-state index contributed by atoms with van der Waals surface area (Å²) in [7, 11) is 4.04. The maximum atomic E-state index is 14.2. The Morgan fingerprint density at radius 3 is 2.53 bits per heavy atom. The molecule has 0 unspecified atom stereocenters. The summed E-state index contributed by atoms with van der Waals surface area (Å²) >= 11 is 0. The van der Waals surface area contributed by atoms with E-state index in [9.17, 15) is 14.0 Å². The van der Waals surface area contributed by atoms with Gasteiger partial charge in [0.15, 0.2) is 5.65 Å². The first kappa shape index (κ1) is 24.1. The second-order valence-corrected chi connectivity index (χ2v) is 9.83. The zero-order valence-electron chi connectivity index (χ0n) is 20.5. The molecule has 4 aromatic rings. The summed E-state index contributed by atoms with van der Waals surface area (Å²) in [6, 6.07) is 16.7. The van der Waals surface area contributed by atoms with Gasteiger partial charge in [-0.1, -0.05) is 36.4 Å². The lowest BCUT2D eigenvalue weighted by Crippen LogP contribution is -2.44. The number of benzene rings is 2. The van der Waals surface area contributed by atoms with Crippen LogP contribution in [0.4, 0.5) is 4.39 Å². The van der Waals surface area contributed by atoms with Crippen LogP contribution in [0.1, 0.15) is 37.3 Å². The minimum absolute atomic E-state index is 0.0673. The Bertz CT molecular complexity index is 1530. The van der Waals surface area contributed by atoms with Crippen LogP contribution in [0.2, 0.25) is 0 Å². The van der Waals surface area contributed by atoms with Gasteiger partial charge in [0.2, 0.25) is 0 Å². The predicted octanol–water partition coefficient (Wildman–Crippen LogP) is 3.86. The van der Waals surface area contributed by atoms with Gasteiger partial charge in [-0.2, -0.15) is 0 Å². The maximum Gasteiger partial charge on any atom is 0.337 e. The normalized spacial score (nSPS) is 18.1. The molecule has 0 radical (unpaired) electrons. The molecule has 0 bridgehead atoms. The van der Waals surface area contributed by atoms with E-state index in [4.69, 9.17) is 5.73 Å². The van der Waals surface area contributed by atoms with Crippen LogP contribution in [0.25, 0.3) is 27.8 Å². The van der Waals surface area contributed by atoms with Crippen molar-refractivity contribution >= 4 is 11.0 Å². The lowest BCUT2D eigenvalue weighted by atomic mass is 9.91. The number of fused-ring (bicyclic) bond motifs is 1. The number of nitrogens with two attached hydrogens (primary N) is 1. The van der Waals surface area contributed by atoms with Crippen molar-refractivity contribution in [3.05, 3.63) is 93.0 Å². The molecule has 7 nitrogen and oxygen atoms in total. The van der Waals surface area contributed by atoms with E-state index in [0.29, 0.717) is 18.5 Å². The smallest absolute Gasteiger partial charge is 0.328 e. The molecule has 1 aliphatic rings. The number of hydrogen-bond donors (Lipinski definition) is 1. The van der Waals surface area contributed by atoms with Crippen LogP contribution in [0, 0.1) is 5.82 Å². The third kappa shape index (κ3) is 4.50. The summed E-state index contributed by atoms with van der Waals surface area (Å²) < 4.78 is 16.9. The molecule has 0 amide bonds. The number of hydrogen-bond acceptors (Lipinski definition) is 5. The van der Waals surface area contributed by atoms with Crippen LogP contribution in [0.3, 0.4) is 0 Å². The van der Waals surface area contributed by atoms with Crippen molar-refractivity contribution in [2.24, 2.45) is 5.73 Å². The zero-order valence-corrected chi connectivity index (χ0v) is 20.5. The van der Waals surface area contributed by atoms with Crippen molar-refractivity contribution in [1.29, 1.82) is 0 Å². The minimum atomic E-state index is -0.617. The Hall–Kier alpha value is -3.62. The molecule has 0 atom stereocenters. The Morgan fingerprint density at radius 1 is 1.03 bits per heavy atom. The Balaban J connectivity index is 1.73. The minimum Gasteiger partial charge on any atom is -0.328 e. The monoisotopic (exact) mass is 487 g/mol. The molecule has 1 fully saturated rings. The van der Waals surface area contributed by atoms with Crippen molar-refractivity contribution in [2.45, 2.75) is 44.3 Å².